The maximum absolute atomic E-state index is 12.5. The highest BCUT2D eigenvalue weighted by atomic mass is 16.1. The molecule has 0 bridgehead atoms. The maximum Gasteiger partial charge on any atom is 0.178 e. The third-order valence-corrected chi connectivity index (χ3v) is 4.12. The maximum atomic E-state index is 12.5. The monoisotopic (exact) mass is 312 g/mol. The molecule has 0 saturated carbocycles. The van der Waals surface area contributed by atoms with Gasteiger partial charge >= 0.3 is 0 Å². The van der Waals surface area contributed by atoms with Crippen LogP contribution in [0.3, 0.4) is 0 Å². The zero-order valence-corrected chi connectivity index (χ0v) is 14.9. The van der Waals surface area contributed by atoms with Gasteiger partial charge in [-0.3, -0.25) is 4.79 Å². The fourth-order valence-corrected chi connectivity index (χ4v) is 3.25. The minimum atomic E-state index is -0.00651. The molecule has 2 rings (SSSR count). The van der Waals surface area contributed by atoms with E-state index in [0.717, 1.165) is 29.9 Å². The summed E-state index contributed by atoms with van der Waals surface area (Å²) in [7, 11) is 0. The number of aromatic nitrogens is 1. The van der Waals surface area contributed by atoms with Crippen LogP contribution in [-0.4, -0.2) is 23.4 Å². The van der Waals surface area contributed by atoms with Crippen LogP contribution in [0.1, 0.15) is 48.1 Å². The smallest absolute Gasteiger partial charge is 0.178 e. The first-order valence-corrected chi connectivity index (χ1v) is 8.28. The zero-order chi connectivity index (χ0) is 17.0. The minimum Gasteiger partial charge on any atom is -0.343 e. The average Bonchev–Trinajstić information content (AvgIpc) is 2.79. The van der Waals surface area contributed by atoms with E-state index in [9.17, 15) is 4.79 Å². The molecule has 3 nitrogen and oxygen atoms in total. The topological polar surface area (TPSA) is 34.0 Å². The summed E-state index contributed by atoms with van der Waals surface area (Å²) in [5.74, 6) is 0.168. The van der Waals surface area contributed by atoms with E-state index in [1.54, 1.807) is 0 Å². The fraction of sp³-hybridized carbons (Fsp3) is 0.450. The average molecular weight is 312 g/mol. The standard InChI is InChI=1S/C20H28N2O/c1-15-13-18(16(2)22(15)20(3,4)5)19(23)14-21-12-11-17-9-7-6-8-10-17/h6-10,13,21H,11-12,14H2,1-5H3. The second kappa shape index (κ2) is 7.14. The molecule has 0 saturated heterocycles. The first kappa shape index (κ1) is 17.5. The Hall–Kier alpha value is -1.87. The van der Waals surface area contributed by atoms with Crippen molar-refractivity contribution < 1.29 is 4.79 Å². The summed E-state index contributed by atoms with van der Waals surface area (Å²) in [6.45, 7) is 11.8. The van der Waals surface area contributed by atoms with Gasteiger partial charge in [0, 0.05) is 22.5 Å². The largest absolute Gasteiger partial charge is 0.343 e. The van der Waals surface area contributed by atoms with Crippen molar-refractivity contribution >= 4 is 5.78 Å². The first-order valence-electron chi connectivity index (χ1n) is 8.28. The number of nitrogens with zero attached hydrogens (tertiary/aromatic N) is 1. The molecule has 1 aromatic carbocycles. The molecule has 1 aromatic heterocycles. The molecule has 0 aliphatic heterocycles. The predicted octanol–water partition coefficient (Wildman–Crippen LogP) is 3.87. The first-order chi connectivity index (χ1) is 10.8. The van der Waals surface area contributed by atoms with Gasteiger partial charge in [-0.25, -0.2) is 0 Å². The van der Waals surface area contributed by atoms with E-state index in [4.69, 9.17) is 0 Å². The fourth-order valence-electron chi connectivity index (χ4n) is 3.25. The Morgan fingerprint density at radius 2 is 1.78 bits per heavy atom. The Kier molecular flexibility index (Phi) is 5.42. The van der Waals surface area contributed by atoms with Gasteiger partial charge in [-0.15, -0.1) is 0 Å². The second-order valence-electron chi connectivity index (χ2n) is 7.13. The van der Waals surface area contributed by atoms with Gasteiger partial charge in [0.25, 0.3) is 0 Å². The molecule has 0 unspecified atom stereocenters. The van der Waals surface area contributed by atoms with E-state index in [-0.39, 0.29) is 11.3 Å². The van der Waals surface area contributed by atoms with Crippen molar-refractivity contribution in [2.24, 2.45) is 0 Å². The Morgan fingerprint density at radius 3 is 2.35 bits per heavy atom. The van der Waals surface area contributed by atoms with Gasteiger partial charge in [0.1, 0.15) is 0 Å². The Morgan fingerprint density at radius 1 is 1.13 bits per heavy atom. The minimum absolute atomic E-state index is 0.00651. The van der Waals surface area contributed by atoms with Gasteiger partial charge < -0.3 is 9.88 Å². The highest BCUT2D eigenvalue weighted by Gasteiger charge is 2.22. The van der Waals surface area contributed by atoms with Crippen molar-refractivity contribution in [3.8, 4) is 0 Å². The number of carbonyl (C=O) groups is 1. The van der Waals surface area contributed by atoms with E-state index in [0.29, 0.717) is 6.54 Å². The third kappa shape index (κ3) is 4.32. The number of hydrogen-bond acceptors (Lipinski definition) is 2. The summed E-state index contributed by atoms with van der Waals surface area (Å²) in [6.07, 6.45) is 0.940. The van der Waals surface area contributed by atoms with E-state index < -0.39 is 0 Å². The zero-order valence-electron chi connectivity index (χ0n) is 14.9. The van der Waals surface area contributed by atoms with Crippen LogP contribution in [0.2, 0.25) is 0 Å². The van der Waals surface area contributed by atoms with E-state index in [1.165, 1.54) is 5.56 Å². The van der Waals surface area contributed by atoms with Crippen LogP contribution in [0.4, 0.5) is 0 Å². The molecule has 1 N–H and O–H groups in total. The lowest BCUT2D eigenvalue weighted by molar-refractivity contribution is 0.0990. The van der Waals surface area contributed by atoms with Crippen molar-refractivity contribution in [2.45, 2.75) is 46.6 Å². The summed E-state index contributed by atoms with van der Waals surface area (Å²) in [6, 6.07) is 12.3. The van der Waals surface area contributed by atoms with Crippen LogP contribution in [-0.2, 0) is 12.0 Å². The number of aryl methyl sites for hydroxylation is 1. The number of hydrogen-bond donors (Lipinski definition) is 1. The predicted molar refractivity (Wildman–Crippen MR) is 96.2 cm³/mol. The molecule has 3 heteroatoms. The number of carbonyl (C=O) groups excluding carboxylic acids is 1. The van der Waals surface area contributed by atoms with Gasteiger partial charge in [0.15, 0.2) is 5.78 Å². The Labute approximate surface area is 139 Å². The van der Waals surface area contributed by atoms with Gasteiger partial charge in [-0.05, 0) is 59.2 Å². The summed E-state index contributed by atoms with van der Waals surface area (Å²) < 4.78 is 2.24. The number of Topliss-reactive ketones (excluding diaryl/α,β-unsaturated/α-hetero) is 1. The van der Waals surface area contributed by atoms with Crippen LogP contribution in [0.25, 0.3) is 0 Å². The lowest BCUT2D eigenvalue weighted by atomic mass is 10.1. The van der Waals surface area contributed by atoms with Gasteiger partial charge in [0.2, 0.25) is 0 Å². The lowest BCUT2D eigenvalue weighted by Gasteiger charge is -2.25. The van der Waals surface area contributed by atoms with Crippen molar-refractivity contribution in [1.82, 2.24) is 9.88 Å². The van der Waals surface area contributed by atoms with Crippen molar-refractivity contribution in [3.63, 3.8) is 0 Å². The molecule has 124 valence electrons. The van der Waals surface area contributed by atoms with Crippen molar-refractivity contribution in [1.29, 1.82) is 0 Å². The van der Waals surface area contributed by atoms with E-state index >= 15 is 0 Å². The number of ketones is 1. The van der Waals surface area contributed by atoms with E-state index in [1.807, 2.05) is 31.2 Å². The van der Waals surface area contributed by atoms with Crippen LogP contribution in [0.5, 0.6) is 0 Å². The van der Waals surface area contributed by atoms with Gasteiger partial charge in [-0.1, -0.05) is 30.3 Å². The number of nitrogens with one attached hydrogen (secondary N) is 1. The van der Waals surface area contributed by atoms with Gasteiger partial charge in [-0.2, -0.15) is 0 Å². The molecule has 0 aliphatic rings. The van der Waals surface area contributed by atoms with Crippen molar-refractivity contribution in [2.75, 3.05) is 13.1 Å². The Bertz CT molecular complexity index is 663. The molecule has 0 fully saturated rings. The quantitative estimate of drug-likeness (QED) is 0.649. The van der Waals surface area contributed by atoms with Crippen LogP contribution in [0, 0.1) is 13.8 Å². The molecule has 23 heavy (non-hydrogen) atoms. The number of rotatable bonds is 6. The summed E-state index contributed by atoms with van der Waals surface area (Å²) in [5, 5.41) is 3.27. The molecule has 0 amide bonds. The summed E-state index contributed by atoms with van der Waals surface area (Å²) in [5.41, 5.74) is 4.32. The molecule has 0 spiro atoms. The van der Waals surface area contributed by atoms with Crippen molar-refractivity contribution in [3.05, 3.63) is 58.9 Å². The van der Waals surface area contributed by atoms with E-state index in [2.05, 4.69) is 49.7 Å². The molecule has 2 aromatic rings. The van der Waals surface area contributed by atoms with Crippen LogP contribution < -0.4 is 5.32 Å². The Balaban J connectivity index is 1.94. The van der Waals surface area contributed by atoms with Crippen LogP contribution >= 0.6 is 0 Å². The highest BCUT2D eigenvalue weighted by molar-refractivity contribution is 5.99. The molecular formula is C20H28N2O. The highest BCUT2D eigenvalue weighted by Crippen LogP contribution is 2.24. The van der Waals surface area contributed by atoms with Gasteiger partial charge in [0.05, 0.1) is 6.54 Å². The second-order valence-corrected chi connectivity index (χ2v) is 7.13. The normalized spacial score (nSPS) is 11.7. The SMILES string of the molecule is Cc1cc(C(=O)CNCCc2ccccc2)c(C)n1C(C)(C)C. The van der Waals surface area contributed by atoms with Crippen LogP contribution in [0.15, 0.2) is 36.4 Å². The lowest BCUT2D eigenvalue weighted by Crippen LogP contribution is -2.27. The molecule has 0 atom stereocenters. The summed E-state index contributed by atoms with van der Waals surface area (Å²) in [4.78, 5) is 12.5. The summed E-state index contributed by atoms with van der Waals surface area (Å²) >= 11 is 0. The number of benzene rings is 1. The molecule has 0 aliphatic carbocycles. The molecular weight excluding hydrogens is 284 g/mol. The molecule has 0 radical (unpaired) electrons. The molecule has 1 heterocycles. The third-order valence-electron chi connectivity index (χ3n) is 4.12.